The number of nitrogens with zero attached hydrogens (tertiary/aromatic N) is 2. The third kappa shape index (κ3) is 5.73. The third-order valence-electron chi connectivity index (χ3n) is 4.11. The first-order valence-corrected chi connectivity index (χ1v) is 9.10. The summed E-state index contributed by atoms with van der Waals surface area (Å²) in [5.74, 6) is 0. The largest absolute Gasteiger partial charge is 0.299 e. The zero-order valence-corrected chi connectivity index (χ0v) is 14.7. The minimum absolute atomic E-state index is 0.242. The molecule has 116 valence electrons. The number of thioether (sulfide) groups is 1. The summed E-state index contributed by atoms with van der Waals surface area (Å²) in [6, 6.07) is 11.1. The summed E-state index contributed by atoms with van der Waals surface area (Å²) in [5.41, 5.74) is 1.64. The van der Waals surface area contributed by atoms with Gasteiger partial charge in [-0.3, -0.25) is 4.90 Å². The van der Waals surface area contributed by atoms with Crippen LogP contribution in [0, 0.1) is 16.7 Å². The molecule has 0 unspecified atom stereocenters. The number of rotatable bonds is 4. The minimum atomic E-state index is 0.242. The van der Waals surface area contributed by atoms with Crippen molar-refractivity contribution in [3.05, 3.63) is 29.8 Å². The van der Waals surface area contributed by atoms with E-state index < -0.39 is 0 Å². The average Bonchev–Trinajstić information content (AvgIpc) is 2.52. The van der Waals surface area contributed by atoms with Crippen LogP contribution in [-0.4, -0.2) is 24.2 Å². The molecule has 0 spiro atoms. The molecule has 0 atom stereocenters. The number of nitriles is 1. The molecule has 21 heavy (non-hydrogen) atoms. The van der Waals surface area contributed by atoms with E-state index in [9.17, 15) is 0 Å². The van der Waals surface area contributed by atoms with Crippen LogP contribution in [0.2, 0.25) is 0 Å². The van der Waals surface area contributed by atoms with Crippen LogP contribution in [0.15, 0.2) is 29.2 Å². The van der Waals surface area contributed by atoms with Crippen LogP contribution in [0.5, 0.6) is 0 Å². The van der Waals surface area contributed by atoms with Gasteiger partial charge in [0.2, 0.25) is 0 Å². The van der Waals surface area contributed by atoms with Gasteiger partial charge in [0.15, 0.2) is 0 Å². The Morgan fingerprint density at radius 1 is 1.29 bits per heavy atom. The number of benzene rings is 1. The van der Waals surface area contributed by atoms with Gasteiger partial charge in [-0.1, -0.05) is 32.9 Å². The van der Waals surface area contributed by atoms with E-state index in [0.717, 1.165) is 32.5 Å². The van der Waals surface area contributed by atoms with Gasteiger partial charge in [-0.25, -0.2) is 0 Å². The molecular weight excluding hydrogens is 276 g/mol. The smallest absolute Gasteiger partial charge is 0.0627 e. The lowest BCUT2D eigenvalue weighted by Gasteiger charge is -2.38. The molecule has 0 aliphatic carbocycles. The van der Waals surface area contributed by atoms with Crippen molar-refractivity contribution in [1.82, 2.24) is 4.90 Å². The highest BCUT2D eigenvalue weighted by Crippen LogP contribution is 2.34. The van der Waals surface area contributed by atoms with Crippen molar-refractivity contribution >= 4 is 11.8 Å². The number of piperidine rings is 1. The van der Waals surface area contributed by atoms with Crippen LogP contribution in [-0.2, 0) is 6.54 Å². The van der Waals surface area contributed by atoms with Crippen LogP contribution in [0.1, 0.15) is 45.6 Å². The molecule has 0 radical (unpaired) electrons. The molecule has 2 nitrogen and oxygen atoms in total. The van der Waals surface area contributed by atoms with Crippen molar-refractivity contribution in [2.24, 2.45) is 5.41 Å². The highest BCUT2D eigenvalue weighted by atomic mass is 32.2. The second-order valence-electron chi connectivity index (χ2n) is 5.77. The molecule has 1 fully saturated rings. The number of hydrogen-bond acceptors (Lipinski definition) is 3. The SMILES string of the molecule is CC.CSc1cccc(CN2CCC(C)(CC#N)CC2)c1. The molecule has 2 rings (SSSR count). The second kappa shape index (κ2) is 9.12. The Morgan fingerprint density at radius 3 is 2.52 bits per heavy atom. The van der Waals surface area contributed by atoms with E-state index in [-0.39, 0.29) is 5.41 Å². The molecule has 1 heterocycles. The lowest BCUT2D eigenvalue weighted by molar-refractivity contribution is 0.116. The van der Waals surface area contributed by atoms with E-state index >= 15 is 0 Å². The Bertz CT molecular complexity index is 457. The van der Waals surface area contributed by atoms with Gasteiger partial charge in [0.05, 0.1) is 6.07 Å². The monoisotopic (exact) mass is 304 g/mol. The van der Waals surface area contributed by atoms with Gasteiger partial charge in [-0.05, 0) is 55.3 Å². The predicted octanol–water partition coefficient (Wildman–Crippen LogP) is 4.95. The van der Waals surface area contributed by atoms with Gasteiger partial charge in [0.25, 0.3) is 0 Å². The maximum absolute atomic E-state index is 8.88. The van der Waals surface area contributed by atoms with Crippen molar-refractivity contribution < 1.29 is 0 Å². The van der Waals surface area contributed by atoms with Crippen LogP contribution >= 0.6 is 11.8 Å². The fourth-order valence-electron chi connectivity index (χ4n) is 2.65. The maximum Gasteiger partial charge on any atom is 0.0627 e. The molecule has 0 bridgehead atoms. The van der Waals surface area contributed by atoms with E-state index in [0.29, 0.717) is 6.42 Å². The summed E-state index contributed by atoms with van der Waals surface area (Å²) in [6.45, 7) is 9.52. The molecule has 1 aliphatic heterocycles. The average molecular weight is 305 g/mol. The normalized spacial score (nSPS) is 17.5. The van der Waals surface area contributed by atoms with Gasteiger partial charge in [0, 0.05) is 17.9 Å². The Labute approximate surface area is 134 Å². The highest BCUT2D eigenvalue weighted by molar-refractivity contribution is 7.98. The van der Waals surface area contributed by atoms with Crippen molar-refractivity contribution in [1.29, 1.82) is 5.26 Å². The summed E-state index contributed by atoms with van der Waals surface area (Å²) in [6.07, 6.45) is 5.10. The number of likely N-dealkylation sites (tertiary alicyclic amines) is 1. The van der Waals surface area contributed by atoms with Crippen LogP contribution in [0.25, 0.3) is 0 Å². The standard InChI is InChI=1S/C16H22N2S.C2H6/c1-16(6-9-17)7-10-18(11-8-16)13-14-4-3-5-15(12-14)19-2;1-2/h3-5,12H,6-8,10-11,13H2,1-2H3;1-2H3. The van der Waals surface area contributed by atoms with Gasteiger partial charge < -0.3 is 0 Å². The molecule has 0 saturated carbocycles. The Morgan fingerprint density at radius 2 is 1.95 bits per heavy atom. The van der Waals surface area contributed by atoms with E-state index in [1.165, 1.54) is 10.5 Å². The molecule has 1 aliphatic rings. The fourth-order valence-corrected chi connectivity index (χ4v) is 3.13. The van der Waals surface area contributed by atoms with Gasteiger partial charge >= 0.3 is 0 Å². The maximum atomic E-state index is 8.88. The molecule has 1 aromatic rings. The second-order valence-corrected chi connectivity index (χ2v) is 6.65. The Hall–Kier alpha value is -0.980. The molecule has 0 aromatic heterocycles. The first kappa shape index (κ1) is 18.1. The Balaban J connectivity index is 0.00000106. The van der Waals surface area contributed by atoms with Crippen LogP contribution in [0.3, 0.4) is 0 Å². The zero-order chi connectivity index (χ0) is 15.7. The molecule has 3 heteroatoms. The summed E-state index contributed by atoms with van der Waals surface area (Å²) < 4.78 is 0. The van der Waals surface area contributed by atoms with E-state index in [2.05, 4.69) is 48.4 Å². The van der Waals surface area contributed by atoms with Crippen molar-refractivity contribution in [3.8, 4) is 6.07 Å². The summed E-state index contributed by atoms with van der Waals surface area (Å²) in [5, 5.41) is 8.88. The van der Waals surface area contributed by atoms with Gasteiger partial charge in [-0.15, -0.1) is 11.8 Å². The zero-order valence-electron chi connectivity index (χ0n) is 13.9. The van der Waals surface area contributed by atoms with E-state index in [4.69, 9.17) is 5.26 Å². The lowest BCUT2D eigenvalue weighted by atomic mass is 9.78. The van der Waals surface area contributed by atoms with Crippen LogP contribution in [0.4, 0.5) is 0 Å². The quantitative estimate of drug-likeness (QED) is 0.736. The third-order valence-corrected chi connectivity index (χ3v) is 4.83. The van der Waals surface area contributed by atoms with E-state index in [1.54, 1.807) is 11.8 Å². The summed E-state index contributed by atoms with van der Waals surface area (Å²) in [7, 11) is 0. The van der Waals surface area contributed by atoms with Crippen molar-refractivity contribution in [2.75, 3.05) is 19.3 Å². The van der Waals surface area contributed by atoms with E-state index in [1.807, 2.05) is 13.8 Å². The molecule has 0 amide bonds. The molecular formula is C18H28N2S. The minimum Gasteiger partial charge on any atom is -0.299 e. The highest BCUT2D eigenvalue weighted by Gasteiger charge is 2.29. The molecule has 1 aromatic carbocycles. The predicted molar refractivity (Wildman–Crippen MR) is 92.4 cm³/mol. The fraction of sp³-hybridized carbons (Fsp3) is 0.611. The summed E-state index contributed by atoms with van der Waals surface area (Å²) >= 11 is 1.80. The van der Waals surface area contributed by atoms with Crippen molar-refractivity contribution in [3.63, 3.8) is 0 Å². The topological polar surface area (TPSA) is 27.0 Å². The summed E-state index contributed by atoms with van der Waals surface area (Å²) in [4.78, 5) is 3.85. The first-order chi connectivity index (χ1) is 10.1. The van der Waals surface area contributed by atoms with Crippen molar-refractivity contribution in [2.45, 2.75) is 51.5 Å². The number of hydrogen-bond donors (Lipinski definition) is 0. The lowest BCUT2D eigenvalue weighted by Crippen LogP contribution is -2.38. The van der Waals surface area contributed by atoms with Crippen LogP contribution < -0.4 is 0 Å². The van der Waals surface area contributed by atoms with Gasteiger partial charge in [0.1, 0.15) is 0 Å². The Kier molecular flexibility index (Phi) is 7.85. The molecule has 0 N–H and O–H groups in total. The first-order valence-electron chi connectivity index (χ1n) is 7.87. The van der Waals surface area contributed by atoms with Gasteiger partial charge in [-0.2, -0.15) is 5.26 Å². The molecule has 1 saturated heterocycles.